The van der Waals surface area contributed by atoms with E-state index in [0.29, 0.717) is 0 Å². The molecule has 7 aromatic rings. The van der Waals surface area contributed by atoms with Crippen molar-refractivity contribution in [1.82, 2.24) is 4.98 Å². The van der Waals surface area contributed by atoms with Crippen molar-refractivity contribution in [2.45, 2.75) is 18.4 Å². The highest BCUT2D eigenvalue weighted by molar-refractivity contribution is 6.07. The van der Waals surface area contributed by atoms with E-state index in [9.17, 15) is 0 Å². The Hall–Kier alpha value is -5.67. The molecule has 0 saturated carbocycles. The van der Waals surface area contributed by atoms with Gasteiger partial charge in [0.05, 0.1) is 11.2 Å². The fraction of sp³-hybridized carbons (Fsp3) is 0.0714. The minimum atomic E-state index is -0.219. The molecule has 2 aliphatic rings. The molecular formula is C42H30N2O. The molecule has 214 valence electrons. The van der Waals surface area contributed by atoms with Crippen LogP contribution in [0, 0.1) is 0 Å². The Morgan fingerprint density at radius 3 is 2.11 bits per heavy atom. The Kier molecular flexibility index (Phi) is 5.69. The number of fused-ring (bicyclic) bond motifs is 6. The maximum atomic E-state index is 6.30. The summed E-state index contributed by atoms with van der Waals surface area (Å²) in [6, 6.07) is 47.2. The maximum absolute atomic E-state index is 6.30. The molecule has 2 unspecified atom stereocenters. The molecule has 0 fully saturated rings. The van der Waals surface area contributed by atoms with E-state index in [-0.39, 0.29) is 11.5 Å². The monoisotopic (exact) mass is 578 g/mol. The third-order valence-corrected chi connectivity index (χ3v) is 9.50. The van der Waals surface area contributed by atoms with Crippen LogP contribution in [0.5, 0.6) is 0 Å². The van der Waals surface area contributed by atoms with Crippen LogP contribution in [0.15, 0.2) is 162 Å². The van der Waals surface area contributed by atoms with Gasteiger partial charge in [-0.1, -0.05) is 103 Å². The molecule has 1 aliphatic carbocycles. The third-order valence-electron chi connectivity index (χ3n) is 9.50. The van der Waals surface area contributed by atoms with Gasteiger partial charge in [0.1, 0.15) is 17.0 Å². The van der Waals surface area contributed by atoms with E-state index in [1.165, 1.54) is 33.5 Å². The first-order chi connectivity index (χ1) is 22.2. The fourth-order valence-corrected chi connectivity index (χ4v) is 7.27. The largest absolute Gasteiger partial charge is 0.456 e. The zero-order chi connectivity index (χ0) is 30.0. The first-order valence-corrected chi connectivity index (χ1v) is 15.5. The van der Waals surface area contributed by atoms with Gasteiger partial charge in [-0.15, -0.1) is 0 Å². The smallest absolute Gasteiger partial charge is 0.135 e. The van der Waals surface area contributed by atoms with Crippen LogP contribution < -0.4 is 4.90 Å². The zero-order valence-corrected chi connectivity index (χ0v) is 24.9. The number of para-hydroxylation sites is 1. The molecule has 9 rings (SSSR count). The van der Waals surface area contributed by atoms with Crippen LogP contribution in [0.2, 0.25) is 0 Å². The van der Waals surface area contributed by atoms with Crippen molar-refractivity contribution in [2.75, 3.05) is 4.90 Å². The van der Waals surface area contributed by atoms with Gasteiger partial charge in [-0.2, -0.15) is 0 Å². The predicted molar refractivity (Wildman–Crippen MR) is 186 cm³/mol. The summed E-state index contributed by atoms with van der Waals surface area (Å²) in [7, 11) is 0. The molecule has 0 radical (unpaired) electrons. The van der Waals surface area contributed by atoms with Crippen molar-refractivity contribution in [3.8, 4) is 33.5 Å². The molecule has 1 aliphatic heterocycles. The van der Waals surface area contributed by atoms with E-state index >= 15 is 0 Å². The van der Waals surface area contributed by atoms with Crippen molar-refractivity contribution in [3.05, 3.63) is 163 Å². The maximum Gasteiger partial charge on any atom is 0.135 e. The average Bonchev–Trinajstić information content (AvgIpc) is 3.60. The number of anilines is 2. The normalized spacial score (nSPS) is 18.4. The number of hydrogen-bond donors (Lipinski definition) is 0. The predicted octanol–water partition coefficient (Wildman–Crippen LogP) is 11.1. The third kappa shape index (κ3) is 4.08. The van der Waals surface area contributed by atoms with Crippen molar-refractivity contribution >= 4 is 33.4 Å². The van der Waals surface area contributed by atoms with Gasteiger partial charge in [0.15, 0.2) is 0 Å². The Bertz CT molecular complexity index is 2310. The highest BCUT2D eigenvalue weighted by atomic mass is 16.3. The van der Waals surface area contributed by atoms with Crippen LogP contribution in [-0.4, -0.2) is 10.5 Å². The second kappa shape index (κ2) is 9.93. The first kappa shape index (κ1) is 25.8. The molecule has 2 aromatic heterocycles. The second-order valence-electron chi connectivity index (χ2n) is 12.2. The van der Waals surface area contributed by atoms with Gasteiger partial charge in [0.25, 0.3) is 0 Å². The molecule has 2 atom stereocenters. The molecule has 0 saturated heterocycles. The Morgan fingerprint density at radius 1 is 0.600 bits per heavy atom. The number of allylic oxidation sites excluding steroid dienone is 2. The van der Waals surface area contributed by atoms with E-state index in [0.717, 1.165) is 39.0 Å². The molecule has 0 bridgehead atoms. The van der Waals surface area contributed by atoms with E-state index in [1.807, 2.05) is 0 Å². The summed E-state index contributed by atoms with van der Waals surface area (Å²) in [6.07, 6.45) is 8.94. The van der Waals surface area contributed by atoms with Gasteiger partial charge in [-0.3, -0.25) is 0 Å². The Morgan fingerprint density at radius 2 is 1.27 bits per heavy atom. The van der Waals surface area contributed by atoms with Gasteiger partial charge in [-0.05, 0) is 89.3 Å². The topological polar surface area (TPSA) is 29.3 Å². The van der Waals surface area contributed by atoms with Gasteiger partial charge in [0, 0.05) is 27.9 Å². The summed E-state index contributed by atoms with van der Waals surface area (Å²) in [5.41, 5.74) is 10.9. The molecule has 3 nitrogen and oxygen atoms in total. The number of rotatable bonds is 4. The highest BCUT2D eigenvalue weighted by Crippen LogP contribution is 2.53. The zero-order valence-electron chi connectivity index (χ0n) is 24.9. The summed E-state index contributed by atoms with van der Waals surface area (Å²) in [5.74, 6) is 1.23. The van der Waals surface area contributed by atoms with Crippen LogP contribution in [-0.2, 0) is 0 Å². The summed E-state index contributed by atoms with van der Waals surface area (Å²) >= 11 is 0. The van der Waals surface area contributed by atoms with Crippen molar-refractivity contribution in [3.63, 3.8) is 0 Å². The van der Waals surface area contributed by atoms with E-state index in [4.69, 9.17) is 9.40 Å². The van der Waals surface area contributed by atoms with Crippen LogP contribution in [0.3, 0.4) is 0 Å². The number of pyridine rings is 1. The first-order valence-electron chi connectivity index (χ1n) is 15.5. The lowest BCUT2D eigenvalue weighted by atomic mass is 9.80. The molecule has 0 N–H and O–H groups in total. The van der Waals surface area contributed by atoms with Gasteiger partial charge in [-0.25, -0.2) is 4.98 Å². The second-order valence-corrected chi connectivity index (χ2v) is 12.2. The van der Waals surface area contributed by atoms with Crippen LogP contribution >= 0.6 is 0 Å². The summed E-state index contributed by atoms with van der Waals surface area (Å²) in [4.78, 5) is 7.67. The lowest BCUT2D eigenvalue weighted by Crippen LogP contribution is -2.42. The number of hydrogen-bond acceptors (Lipinski definition) is 3. The molecule has 0 amide bonds. The van der Waals surface area contributed by atoms with Crippen molar-refractivity contribution in [2.24, 2.45) is 0 Å². The highest BCUT2D eigenvalue weighted by Gasteiger charge is 2.47. The summed E-state index contributed by atoms with van der Waals surface area (Å²) in [5, 5.41) is 2.20. The molecule has 5 aromatic carbocycles. The number of nitrogens with zero attached hydrogens (tertiary/aromatic N) is 2. The molecule has 3 heterocycles. The van der Waals surface area contributed by atoms with E-state index in [2.05, 4.69) is 170 Å². The van der Waals surface area contributed by atoms with Gasteiger partial charge in [0.2, 0.25) is 0 Å². The quantitative estimate of drug-likeness (QED) is 0.208. The van der Waals surface area contributed by atoms with E-state index < -0.39 is 0 Å². The SMILES string of the molecule is CC12C=CC=CC1c1ccccc1N2c1cccc(-c2ccc3oc4ccc(-c5cccc(-c6ccccc6)c5)cc4c3c2)n1. The van der Waals surface area contributed by atoms with Crippen LogP contribution in [0.1, 0.15) is 18.4 Å². The minimum absolute atomic E-state index is 0.219. The van der Waals surface area contributed by atoms with E-state index in [1.54, 1.807) is 0 Å². The lowest BCUT2D eigenvalue weighted by Gasteiger charge is -2.38. The molecule has 3 heteroatoms. The van der Waals surface area contributed by atoms with Crippen LogP contribution in [0.25, 0.3) is 55.4 Å². The standard InChI is InChI=1S/C42H30N2O/c1-42-24-8-7-16-36(42)33-15-5-6-18-38(33)44(42)41-19-10-17-37(43-41)32-21-23-40-35(27-32)34-26-31(20-22-39(34)45-40)30-14-9-13-29(25-30)28-11-3-2-4-12-28/h2-27,36H,1H3. The number of furan rings is 1. The van der Waals surface area contributed by atoms with Gasteiger partial charge >= 0.3 is 0 Å². The fourth-order valence-electron chi connectivity index (χ4n) is 7.27. The number of benzene rings is 5. The molecular weight excluding hydrogens is 548 g/mol. The van der Waals surface area contributed by atoms with Crippen LogP contribution in [0.4, 0.5) is 11.5 Å². The summed E-state index contributed by atoms with van der Waals surface area (Å²) in [6.45, 7) is 2.31. The van der Waals surface area contributed by atoms with Crippen molar-refractivity contribution < 1.29 is 4.42 Å². The lowest BCUT2D eigenvalue weighted by molar-refractivity contribution is 0.539. The molecule has 45 heavy (non-hydrogen) atoms. The minimum Gasteiger partial charge on any atom is -0.456 e. The summed E-state index contributed by atoms with van der Waals surface area (Å²) < 4.78 is 6.30. The van der Waals surface area contributed by atoms with Crippen molar-refractivity contribution in [1.29, 1.82) is 0 Å². The van der Waals surface area contributed by atoms with Gasteiger partial charge < -0.3 is 9.32 Å². The molecule has 0 spiro atoms. The number of aromatic nitrogens is 1. The average molecular weight is 579 g/mol. The Balaban J connectivity index is 1.12. The Labute approximate surface area is 262 Å².